The average Bonchev–Trinajstić information content (AvgIpc) is 2.24. The molecule has 1 aromatic carbocycles. The van der Waals surface area contributed by atoms with Crippen molar-refractivity contribution in [3.8, 4) is 0 Å². The smallest absolute Gasteiger partial charge is 0.319 e. The molecule has 0 bridgehead atoms. The third-order valence-electron chi connectivity index (χ3n) is 2.26. The molecule has 0 aromatic heterocycles. The second kappa shape index (κ2) is 6.38. The van der Waals surface area contributed by atoms with Crippen molar-refractivity contribution >= 4 is 23.3 Å². The van der Waals surface area contributed by atoms with Gasteiger partial charge >= 0.3 is 6.03 Å². The normalized spacial score (nSPS) is 9.94. The van der Waals surface area contributed by atoms with E-state index in [0.717, 1.165) is 24.1 Å². The number of carbonyl (C=O) groups is 1. The van der Waals surface area contributed by atoms with Crippen LogP contribution in [0.3, 0.4) is 0 Å². The fourth-order valence-corrected chi connectivity index (χ4v) is 1.45. The number of benzene rings is 1. The van der Waals surface area contributed by atoms with Crippen molar-refractivity contribution in [1.29, 1.82) is 0 Å². The lowest BCUT2D eigenvalue weighted by atomic mass is 10.2. The zero-order chi connectivity index (χ0) is 12.0. The fraction of sp³-hybridized carbons (Fsp3) is 0.417. The molecule has 4 heteroatoms. The number of halogens is 1. The maximum atomic E-state index is 11.5. The van der Waals surface area contributed by atoms with Crippen LogP contribution in [0, 0.1) is 6.92 Å². The van der Waals surface area contributed by atoms with Crippen LogP contribution in [0.5, 0.6) is 0 Å². The Morgan fingerprint density at radius 2 is 2.19 bits per heavy atom. The van der Waals surface area contributed by atoms with Crippen LogP contribution >= 0.6 is 11.6 Å². The summed E-state index contributed by atoms with van der Waals surface area (Å²) in [7, 11) is 0. The van der Waals surface area contributed by atoms with Crippen molar-refractivity contribution in [2.24, 2.45) is 0 Å². The van der Waals surface area contributed by atoms with Gasteiger partial charge in [-0.15, -0.1) is 0 Å². The first-order valence-electron chi connectivity index (χ1n) is 5.44. The van der Waals surface area contributed by atoms with Gasteiger partial charge in [-0.3, -0.25) is 0 Å². The summed E-state index contributed by atoms with van der Waals surface area (Å²) in [6, 6.07) is 5.25. The van der Waals surface area contributed by atoms with Gasteiger partial charge in [0.25, 0.3) is 0 Å². The minimum Gasteiger partial charge on any atom is -0.338 e. The molecule has 3 nitrogen and oxygen atoms in total. The van der Waals surface area contributed by atoms with E-state index in [9.17, 15) is 4.79 Å². The quantitative estimate of drug-likeness (QED) is 0.777. The predicted molar refractivity (Wildman–Crippen MR) is 68.1 cm³/mol. The molecule has 0 heterocycles. The summed E-state index contributed by atoms with van der Waals surface area (Å²) < 4.78 is 0. The molecule has 0 radical (unpaired) electrons. The summed E-state index contributed by atoms with van der Waals surface area (Å²) in [4.78, 5) is 11.5. The van der Waals surface area contributed by atoms with E-state index in [4.69, 9.17) is 11.6 Å². The standard InChI is InChI=1S/C12H17ClN2O/c1-3-4-7-14-12(16)15-11-8-10(13)6-5-9(11)2/h5-6,8H,3-4,7H2,1-2H3,(H2,14,15,16). The Morgan fingerprint density at radius 1 is 1.44 bits per heavy atom. The van der Waals surface area contributed by atoms with E-state index in [2.05, 4.69) is 17.6 Å². The van der Waals surface area contributed by atoms with Crippen molar-refractivity contribution in [1.82, 2.24) is 5.32 Å². The lowest BCUT2D eigenvalue weighted by Crippen LogP contribution is -2.29. The topological polar surface area (TPSA) is 41.1 Å². The van der Waals surface area contributed by atoms with Crippen LogP contribution in [0.1, 0.15) is 25.3 Å². The highest BCUT2D eigenvalue weighted by Crippen LogP contribution is 2.19. The molecule has 0 fully saturated rings. The Hall–Kier alpha value is -1.22. The highest BCUT2D eigenvalue weighted by molar-refractivity contribution is 6.31. The fourth-order valence-electron chi connectivity index (χ4n) is 1.27. The van der Waals surface area contributed by atoms with E-state index >= 15 is 0 Å². The van der Waals surface area contributed by atoms with Gasteiger partial charge in [-0.05, 0) is 31.0 Å². The summed E-state index contributed by atoms with van der Waals surface area (Å²) >= 11 is 5.86. The van der Waals surface area contributed by atoms with Crippen LogP contribution < -0.4 is 10.6 Å². The highest BCUT2D eigenvalue weighted by Gasteiger charge is 2.03. The van der Waals surface area contributed by atoms with E-state index in [-0.39, 0.29) is 6.03 Å². The van der Waals surface area contributed by atoms with E-state index in [1.807, 2.05) is 13.0 Å². The van der Waals surface area contributed by atoms with Crippen LogP contribution in [-0.2, 0) is 0 Å². The highest BCUT2D eigenvalue weighted by atomic mass is 35.5. The third kappa shape index (κ3) is 4.11. The maximum absolute atomic E-state index is 11.5. The number of nitrogens with one attached hydrogen (secondary N) is 2. The molecule has 0 spiro atoms. The van der Waals surface area contributed by atoms with Gasteiger partial charge in [0.05, 0.1) is 0 Å². The molecule has 1 aromatic rings. The van der Waals surface area contributed by atoms with Crippen molar-refractivity contribution in [2.45, 2.75) is 26.7 Å². The van der Waals surface area contributed by atoms with Crippen molar-refractivity contribution < 1.29 is 4.79 Å². The lowest BCUT2D eigenvalue weighted by Gasteiger charge is -2.09. The second-order valence-corrected chi connectivity index (χ2v) is 4.13. The average molecular weight is 241 g/mol. The van der Waals surface area contributed by atoms with E-state index < -0.39 is 0 Å². The number of anilines is 1. The molecule has 0 aliphatic carbocycles. The van der Waals surface area contributed by atoms with Gasteiger partial charge in [0.2, 0.25) is 0 Å². The molecule has 0 atom stereocenters. The SMILES string of the molecule is CCCCNC(=O)Nc1cc(Cl)ccc1C. The van der Waals surface area contributed by atoms with Crippen LogP contribution in [0.2, 0.25) is 5.02 Å². The first-order chi connectivity index (χ1) is 7.63. The molecule has 0 aliphatic heterocycles. The Morgan fingerprint density at radius 3 is 2.88 bits per heavy atom. The lowest BCUT2D eigenvalue weighted by molar-refractivity contribution is 0.252. The van der Waals surface area contributed by atoms with Crippen LogP contribution in [0.25, 0.3) is 0 Å². The number of hydrogen-bond donors (Lipinski definition) is 2. The van der Waals surface area contributed by atoms with E-state index in [1.165, 1.54) is 0 Å². The predicted octanol–water partition coefficient (Wildman–Crippen LogP) is 3.57. The molecule has 16 heavy (non-hydrogen) atoms. The van der Waals surface area contributed by atoms with E-state index in [0.29, 0.717) is 11.6 Å². The molecule has 0 saturated heterocycles. The summed E-state index contributed by atoms with van der Waals surface area (Å²) in [6.07, 6.45) is 2.05. The number of urea groups is 1. The van der Waals surface area contributed by atoms with Gasteiger partial charge in [-0.1, -0.05) is 31.0 Å². The molecule has 0 saturated carbocycles. The Labute approximate surface area is 101 Å². The van der Waals surface area contributed by atoms with Crippen molar-refractivity contribution in [3.63, 3.8) is 0 Å². The number of carbonyl (C=O) groups excluding carboxylic acids is 1. The Bertz CT molecular complexity index is 366. The molecule has 88 valence electrons. The Kier molecular flexibility index (Phi) is 5.12. The van der Waals surface area contributed by atoms with Crippen LogP contribution in [0.15, 0.2) is 18.2 Å². The first-order valence-corrected chi connectivity index (χ1v) is 5.82. The van der Waals surface area contributed by atoms with Gasteiger partial charge in [0, 0.05) is 17.3 Å². The zero-order valence-corrected chi connectivity index (χ0v) is 10.4. The van der Waals surface area contributed by atoms with Gasteiger partial charge in [0.1, 0.15) is 0 Å². The van der Waals surface area contributed by atoms with Crippen LogP contribution in [-0.4, -0.2) is 12.6 Å². The summed E-state index contributed by atoms with van der Waals surface area (Å²) in [6.45, 7) is 4.71. The monoisotopic (exact) mass is 240 g/mol. The number of unbranched alkanes of at least 4 members (excludes halogenated alkanes) is 1. The van der Waals surface area contributed by atoms with Crippen molar-refractivity contribution in [2.75, 3.05) is 11.9 Å². The number of aryl methyl sites for hydroxylation is 1. The van der Waals surface area contributed by atoms with Crippen LogP contribution in [0.4, 0.5) is 10.5 Å². The molecule has 0 aliphatic rings. The molecule has 2 N–H and O–H groups in total. The summed E-state index contributed by atoms with van der Waals surface area (Å²) in [5, 5.41) is 6.18. The zero-order valence-electron chi connectivity index (χ0n) is 9.64. The minimum absolute atomic E-state index is 0.182. The number of amides is 2. The maximum Gasteiger partial charge on any atom is 0.319 e. The molecular formula is C12H17ClN2O. The largest absolute Gasteiger partial charge is 0.338 e. The van der Waals surface area contributed by atoms with Gasteiger partial charge in [-0.25, -0.2) is 4.79 Å². The second-order valence-electron chi connectivity index (χ2n) is 3.69. The van der Waals surface area contributed by atoms with Gasteiger partial charge in [-0.2, -0.15) is 0 Å². The molecule has 0 unspecified atom stereocenters. The Balaban J connectivity index is 2.52. The number of rotatable bonds is 4. The minimum atomic E-state index is -0.182. The van der Waals surface area contributed by atoms with E-state index in [1.54, 1.807) is 12.1 Å². The first kappa shape index (κ1) is 12.8. The molecule has 2 amide bonds. The van der Waals surface area contributed by atoms with Crippen molar-refractivity contribution in [3.05, 3.63) is 28.8 Å². The third-order valence-corrected chi connectivity index (χ3v) is 2.50. The summed E-state index contributed by atoms with van der Waals surface area (Å²) in [5.74, 6) is 0. The number of hydrogen-bond acceptors (Lipinski definition) is 1. The molecular weight excluding hydrogens is 224 g/mol. The van der Waals surface area contributed by atoms with Gasteiger partial charge in [0.15, 0.2) is 0 Å². The van der Waals surface area contributed by atoms with Gasteiger partial charge < -0.3 is 10.6 Å². The molecule has 1 rings (SSSR count). The summed E-state index contributed by atoms with van der Waals surface area (Å²) in [5.41, 5.74) is 1.75.